The molecular formula is C11H13N3O8S2. The molecule has 11 nitrogen and oxygen atoms in total. The number of sulfone groups is 2. The summed E-state index contributed by atoms with van der Waals surface area (Å²) in [6.45, 7) is 0. The first-order valence-corrected chi connectivity index (χ1v) is 10.3. The van der Waals surface area contributed by atoms with Crippen molar-refractivity contribution in [2.45, 2.75) is 17.4 Å². The molecule has 1 fully saturated rings. The SMILES string of the molecule is CS(=O)(=O)c1cc([N+](=O)[O-])c(NC2CCS(=O)(=O)C2)c([N+](=O)[O-])c1. The highest BCUT2D eigenvalue weighted by atomic mass is 32.2. The van der Waals surface area contributed by atoms with Crippen LogP contribution in [0.3, 0.4) is 0 Å². The normalized spacial score (nSPS) is 19.8. The predicted molar refractivity (Wildman–Crippen MR) is 83.5 cm³/mol. The van der Waals surface area contributed by atoms with Gasteiger partial charge in [-0.1, -0.05) is 0 Å². The van der Waals surface area contributed by atoms with E-state index in [1.54, 1.807) is 0 Å². The Balaban J connectivity index is 2.60. The maximum atomic E-state index is 11.6. The number of hydrogen-bond acceptors (Lipinski definition) is 9. The highest BCUT2D eigenvalue weighted by Crippen LogP contribution is 2.38. The molecule has 1 aromatic carbocycles. The van der Waals surface area contributed by atoms with Crippen molar-refractivity contribution in [1.82, 2.24) is 0 Å². The zero-order valence-electron chi connectivity index (χ0n) is 12.3. The van der Waals surface area contributed by atoms with Gasteiger partial charge < -0.3 is 5.32 Å². The van der Waals surface area contributed by atoms with Crippen molar-refractivity contribution in [3.05, 3.63) is 32.4 Å². The molecular weight excluding hydrogens is 366 g/mol. The van der Waals surface area contributed by atoms with Gasteiger partial charge in [0.2, 0.25) is 0 Å². The summed E-state index contributed by atoms with van der Waals surface area (Å²) < 4.78 is 46.1. The van der Waals surface area contributed by atoms with Crippen LogP contribution < -0.4 is 5.32 Å². The molecule has 1 aliphatic rings. The van der Waals surface area contributed by atoms with Gasteiger partial charge in [0.05, 0.1) is 26.2 Å². The lowest BCUT2D eigenvalue weighted by molar-refractivity contribution is -0.392. The van der Waals surface area contributed by atoms with E-state index < -0.39 is 57.5 Å². The van der Waals surface area contributed by atoms with Crippen molar-refractivity contribution < 1.29 is 26.7 Å². The molecule has 0 radical (unpaired) electrons. The third-order valence-electron chi connectivity index (χ3n) is 3.47. The summed E-state index contributed by atoms with van der Waals surface area (Å²) in [7, 11) is -7.22. The molecule has 0 aliphatic carbocycles. The molecule has 132 valence electrons. The summed E-state index contributed by atoms with van der Waals surface area (Å²) in [6, 6.07) is 0.707. The Morgan fingerprint density at radius 1 is 1.17 bits per heavy atom. The van der Waals surface area contributed by atoms with Gasteiger partial charge >= 0.3 is 11.4 Å². The zero-order chi connectivity index (χ0) is 18.3. The fourth-order valence-electron chi connectivity index (χ4n) is 2.35. The molecule has 1 aromatic rings. The van der Waals surface area contributed by atoms with E-state index in [1.165, 1.54) is 0 Å². The molecule has 0 amide bonds. The Hall–Kier alpha value is -2.28. The Morgan fingerprint density at radius 2 is 1.67 bits per heavy atom. The van der Waals surface area contributed by atoms with Crippen LogP contribution in [0.25, 0.3) is 0 Å². The average Bonchev–Trinajstić information content (AvgIpc) is 2.76. The molecule has 1 N–H and O–H groups in total. The first-order valence-electron chi connectivity index (χ1n) is 6.54. The third kappa shape index (κ3) is 3.79. The predicted octanol–water partition coefficient (Wildman–Crippen LogP) is 0.506. The van der Waals surface area contributed by atoms with Crippen molar-refractivity contribution in [2.75, 3.05) is 23.1 Å². The van der Waals surface area contributed by atoms with Gasteiger partial charge in [0.25, 0.3) is 0 Å². The first kappa shape index (κ1) is 18.1. The summed E-state index contributed by atoms with van der Waals surface area (Å²) in [5.74, 6) is -0.442. The van der Waals surface area contributed by atoms with Crippen LogP contribution in [-0.4, -0.2) is 50.5 Å². The first-order chi connectivity index (χ1) is 10.9. The lowest BCUT2D eigenvalue weighted by Crippen LogP contribution is -2.22. The van der Waals surface area contributed by atoms with Crippen molar-refractivity contribution in [3.63, 3.8) is 0 Å². The van der Waals surface area contributed by atoms with Gasteiger partial charge in [-0.05, 0) is 6.42 Å². The van der Waals surface area contributed by atoms with Gasteiger partial charge in [-0.25, -0.2) is 16.8 Å². The Bertz CT molecular complexity index is 888. The van der Waals surface area contributed by atoms with Crippen LogP contribution in [0.4, 0.5) is 17.1 Å². The number of rotatable bonds is 5. The van der Waals surface area contributed by atoms with Crippen LogP contribution in [0.5, 0.6) is 0 Å². The maximum Gasteiger partial charge on any atom is 0.300 e. The Labute approximate surface area is 136 Å². The maximum absolute atomic E-state index is 11.6. The minimum atomic E-state index is -3.91. The van der Waals surface area contributed by atoms with E-state index in [-0.39, 0.29) is 17.9 Å². The van der Waals surface area contributed by atoms with E-state index in [9.17, 15) is 37.1 Å². The number of nitrogens with zero attached hydrogens (tertiary/aromatic N) is 2. The highest BCUT2D eigenvalue weighted by Gasteiger charge is 2.34. The van der Waals surface area contributed by atoms with Crippen LogP contribution in [0.15, 0.2) is 17.0 Å². The lowest BCUT2D eigenvalue weighted by Gasteiger charge is -2.13. The van der Waals surface area contributed by atoms with E-state index in [1.807, 2.05) is 0 Å². The largest absolute Gasteiger partial charge is 0.370 e. The summed E-state index contributed by atoms with van der Waals surface area (Å²) in [4.78, 5) is 19.9. The second-order valence-corrected chi connectivity index (χ2v) is 9.61. The van der Waals surface area contributed by atoms with E-state index in [2.05, 4.69) is 5.32 Å². The fraction of sp³-hybridized carbons (Fsp3) is 0.455. The van der Waals surface area contributed by atoms with Crippen LogP contribution in [0, 0.1) is 20.2 Å². The standard InChI is InChI=1S/C11H13N3O8S2/c1-23(19,20)8-4-9(13(15)16)11(10(5-8)14(17)18)12-7-2-3-24(21,22)6-7/h4-5,7,12H,2-3,6H2,1H3. The topological polar surface area (TPSA) is 167 Å². The van der Waals surface area contributed by atoms with E-state index in [0.29, 0.717) is 12.1 Å². The molecule has 0 bridgehead atoms. The van der Waals surface area contributed by atoms with Crippen LogP contribution in [0.1, 0.15) is 6.42 Å². The fourth-order valence-corrected chi connectivity index (χ4v) is 4.67. The van der Waals surface area contributed by atoms with E-state index >= 15 is 0 Å². The number of anilines is 1. The molecule has 1 unspecified atom stereocenters. The molecule has 13 heteroatoms. The summed E-state index contributed by atoms with van der Waals surface area (Å²) in [5.41, 5.74) is -2.10. The summed E-state index contributed by atoms with van der Waals surface area (Å²) in [6.07, 6.45) is 0.914. The second-order valence-electron chi connectivity index (χ2n) is 5.37. The Kier molecular flexibility index (Phi) is 4.50. The highest BCUT2D eigenvalue weighted by molar-refractivity contribution is 7.91. The van der Waals surface area contributed by atoms with Crippen LogP contribution in [0.2, 0.25) is 0 Å². The van der Waals surface area contributed by atoms with Crippen LogP contribution in [-0.2, 0) is 19.7 Å². The van der Waals surface area contributed by atoms with Crippen molar-refractivity contribution in [2.24, 2.45) is 0 Å². The van der Waals surface area contributed by atoms with E-state index in [0.717, 1.165) is 6.26 Å². The lowest BCUT2D eigenvalue weighted by atomic mass is 10.2. The number of benzene rings is 1. The number of nitro benzene ring substituents is 2. The number of nitrogens with one attached hydrogen (secondary N) is 1. The molecule has 1 saturated heterocycles. The zero-order valence-corrected chi connectivity index (χ0v) is 14.0. The van der Waals surface area contributed by atoms with Crippen molar-refractivity contribution >= 4 is 36.7 Å². The minimum absolute atomic E-state index is 0.131. The van der Waals surface area contributed by atoms with Gasteiger partial charge in [-0.2, -0.15) is 0 Å². The summed E-state index contributed by atoms with van der Waals surface area (Å²) >= 11 is 0. The molecule has 2 rings (SSSR count). The monoisotopic (exact) mass is 379 g/mol. The number of hydrogen-bond donors (Lipinski definition) is 1. The third-order valence-corrected chi connectivity index (χ3v) is 6.33. The molecule has 0 spiro atoms. The van der Waals surface area contributed by atoms with Crippen molar-refractivity contribution in [1.29, 1.82) is 0 Å². The van der Waals surface area contributed by atoms with Gasteiger partial charge in [0.15, 0.2) is 25.4 Å². The second kappa shape index (κ2) is 5.98. The van der Waals surface area contributed by atoms with Gasteiger partial charge in [-0.15, -0.1) is 0 Å². The molecule has 24 heavy (non-hydrogen) atoms. The van der Waals surface area contributed by atoms with Gasteiger partial charge in [0, 0.05) is 24.4 Å². The molecule has 0 saturated carbocycles. The van der Waals surface area contributed by atoms with Gasteiger partial charge in [-0.3, -0.25) is 20.2 Å². The average molecular weight is 379 g/mol. The van der Waals surface area contributed by atoms with E-state index in [4.69, 9.17) is 0 Å². The molecule has 1 atom stereocenters. The Morgan fingerprint density at radius 3 is 2.00 bits per heavy atom. The smallest absolute Gasteiger partial charge is 0.300 e. The van der Waals surface area contributed by atoms with Crippen LogP contribution >= 0.6 is 0 Å². The minimum Gasteiger partial charge on any atom is -0.370 e. The molecule has 1 aliphatic heterocycles. The molecule has 1 heterocycles. The molecule has 0 aromatic heterocycles. The number of nitro groups is 2. The van der Waals surface area contributed by atoms with Gasteiger partial charge in [0.1, 0.15) is 0 Å². The quantitative estimate of drug-likeness (QED) is 0.566. The van der Waals surface area contributed by atoms with Crippen molar-refractivity contribution in [3.8, 4) is 0 Å². The summed E-state index contributed by atoms with van der Waals surface area (Å²) in [5, 5.41) is 24.9.